The van der Waals surface area contributed by atoms with Crippen LogP contribution in [-0.2, 0) is 4.43 Å². The predicted molar refractivity (Wildman–Crippen MR) is 60.0 cm³/mol. The van der Waals surface area contributed by atoms with E-state index in [2.05, 4.69) is 44.0 Å². The molecule has 0 radical (unpaired) electrons. The monoisotopic (exact) mass is 336 g/mol. The van der Waals surface area contributed by atoms with Crippen LogP contribution in [0.3, 0.4) is 0 Å². The van der Waals surface area contributed by atoms with Gasteiger partial charge in [0.2, 0.25) is 0 Å². The lowest BCUT2D eigenvalue weighted by molar-refractivity contribution is 0.353. The van der Waals surface area contributed by atoms with E-state index in [-0.39, 0.29) is 0 Å². The van der Waals surface area contributed by atoms with E-state index in [0.29, 0.717) is 0 Å². The Morgan fingerprint density at radius 1 is 1.50 bits per heavy atom. The molecule has 0 bridgehead atoms. The topological polar surface area (TPSA) is 9.23 Å². The summed E-state index contributed by atoms with van der Waals surface area (Å²) >= 11 is 6.08. The lowest BCUT2D eigenvalue weighted by atomic mass is 10.4. The van der Waals surface area contributed by atoms with Gasteiger partial charge in [-0.3, -0.25) is 0 Å². The molecule has 0 saturated carbocycles. The summed E-state index contributed by atoms with van der Waals surface area (Å²) in [5.41, 5.74) is 0. The van der Waals surface area contributed by atoms with Gasteiger partial charge in [-0.1, -0.05) is 56.9 Å². The smallest absolute Gasteiger partial charge is 0.330 e. The molecule has 0 rings (SSSR count). The second kappa shape index (κ2) is 5.96. The Balaban J connectivity index is 3.42. The van der Waals surface area contributed by atoms with Gasteiger partial charge in [-0.05, 0) is 13.0 Å². The quantitative estimate of drug-likeness (QED) is 0.423. The maximum absolute atomic E-state index is 5.57. The standard InChI is InChI=1S/C6H14BrIOSi/c1-3-5-6-10(7,8)9-4-2/h3-6H2,1-2H3. The summed E-state index contributed by atoms with van der Waals surface area (Å²) in [5, 5.41) is 0. The molecule has 0 saturated heterocycles. The van der Waals surface area contributed by atoms with E-state index >= 15 is 0 Å². The van der Waals surface area contributed by atoms with E-state index in [4.69, 9.17) is 4.43 Å². The van der Waals surface area contributed by atoms with Crippen molar-refractivity contribution in [3.05, 3.63) is 0 Å². The van der Waals surface area contributed by atoms with Crippen LogP contribution in [0.2, 0.25) is 6.04 Å². The highest BCUT2D eigenvalue weighted by Gasteiger charge is 2.26. The normalized spacial score (nSPS) is 16.8. The zero-order chi connectivity index (χ0) is 8.04. The van der Waals surface area contributed by atoms with Gasteiger partial charge in [0.1, 0.15) is 0 Å². The van der Waals surface area contributed by atoms with Crippen molar-refractivity contribution in [2.75, 3.05) is 6.61 Å². The molecular weight excluding hydrogens is 323 g/mol. The first kappa shape index (κ1) is 11.4. The second-order valence-corrected chi connectivity index (χ2v) is 17.8. The van der Waals surface area contributed by atoms with Crippen molar-refractivity contribution in [2.24, 2.45) is 0 Å². The van der Waals surface area contributed by atoms with Crippen LogP contribution in [0, 0.1) is 0 Å². The van der Waals surface area contributed by atoms with Crippen LogP contribution in [0.15, 0.2) is 0 Å². The molecule has 0 N–H and O–H groups in total. The van der Waals surface area contributed by atoms with E-state index in [0.717, 1.165) is 6.61 Å². The molecule has 0 amide bonds. The Hall–Kier alpha value is 1.39. The minimum absolute atomic E-state index is 0.837. The second-order valence-electron chi connectivity index (χ2n) is 2.17. The average Bonchev–Trinajstić information content (AvgIpc) is 1.84. The molecule has 0 spiro atoms. The number of unbranched alkanes of at least 4 members (excludes halogenated alkanes) is 1. The van der Waals surface area contributed by atoms with Crippen molar-refractivity contribution in [3.8, 4) is 0 Å². The number of hydrogen-bond acceptors (Lipinski definition) is 1. The van der Waals surface area contributed by atoms with Crippen molar-refractivity contribution in [1.82, 2.24) is 0 Å². The highest BCUT2D eigenvalue weighted by Crippen LogP contribution is 2.28. The molecule has 0 aliphatic heterocycles. The molecule has 1 atom stereocenters. The van der Waals surface area contributed by atoms with Crippen molar-refractivity contribution in [3.63, 3.8) is 0 Å². The molecule has 10 heavy (non-hydrogen) atoms. The van der Waals surface area contributed by atoms with Gasteiger partial charge in [-0.25, -0.2) is 0 Å². The van der Waals surface area contributed by atoms with E-state index < -0.39 is 4.43 Å². The van der Waals surface area contributed by atoms with E-state index in [1.165, 1.54) is 18.9 Å². The molecular formula is C6H14BrIOSi. The van der Waals surface area contributed by atoms with Gasteiger partial charge in [-0.2, -0.15) is 0 Å². The Labute approximate surface area is 84.8 Å². The molecule has 0 aromatic heterocycles. The first-order valence-corrected chi connectivity index (χ1v) is 11.1. The fourth-order valence-corrected chi connectivity index (χ4v) is 5.60. The molecule has 0 heterocycles. The number of rotatable bonds is 5. The lowest BCUT2D eigenvalue weighted by Gasteiger charge is -2.16. The minimum Gasteiger partial charge on any atom is -0.399 e. The van der Waals surface area contributed by atoms with Crippen LogP contribution < -0.4 is 0 Å². The van der Waals surface area contributed by atoms with Crippen LogP contribution in [0.4, 0.5) is 0 Å². The van der Waals surface area contributed by atoms with Gasteiger partial charge < -0.3 is 4.43 Å². The summed E-state index contributed by atoms with van der Waals surface area (Å²) < 4.78 is 4.13. The third-order valence-corrected chi connectivity index (χ3v) is 7.25. The highest BCUT2D eigenvalue weighted by atomic mass is 127. The predicted octanol–water partition coefficient (Wildman–Crippen LogP) is 3.59. The van der Waals surface area contributed by atoms with Crippen molar-refractivity contribution < 1.29 is 4.43 Å². The van der Waals surface area contributed by atoms with E-state index in [1.807, 2.05) is 6.92 Å². The van der Waals surface area contributed by atoms with Crippen LogP contribution >= 0.6 is 37.1 Å². The molecule has 0 fully saturated rings. The fourth-order valence-electron chi connectivity index (χ4n) is 0.666. The van der Waals surface area contributed by atoms with Crippen molar-refractivity contribution in [2.45, 2.75) is 32.7 Å². The first-order valence-electron chi connectivity index (χ1n) is 3.64. The Kier molecular flexibility index (Phi) is 6.79. The van der Waals surface area contributed by atoms with E-state index in [9.17, 15) is 0 Å². The van der Waals surface area contributed by atoms with Crippen molar-refractivity contribution >= 4 is 41.5 Å². The van der Waals surface area contributed by atoms with Crippen molar-refractivity contribution in [1.29, 1.82) is 0 Å². The maximum Gasteiger partial charge on any atom is 0.330 e. The number of halogens is 2. The SMILES string of the molecule is CCCC[Si](Br)(I)OCC. The third kappa shape index (κ3) is 6.12. The average molecular weight is 337 g/mol. The molecule has 1 unspecified atom stereocenters. The van der Waals surface area contributed by atoms with Gasteiger partial charge >= 0.3 is 4.43 Å². The Morgan fingerprint density at radius 3 is 2.50 bits per heavy atom. The van der Waals surface area contributed by atoms with Crippen LogP contribution in [-0.4, -0.2) is 11.0 Å². The van der Waals surface area contributed by atoms with Crippen LogP contribution in [0.5, 0.6) is 0 Å². The lowest BCUT2D eigenvalue weighted by Crippen LogP contribution is -2.22. The molecule has 4 heteroatoms. The molecule has 62 valence electrons. The molecule has 0 aliphatic rings. The zero-order valence-electron chi connectivity index (χ0n) is 6.49. The summed E-state index contributed by atoms with van der Waals surface area (Å²) in [4.78, 5) is 0. The van der Waals surface area contributed by atoms with Gasteiger partial charge in [0, 0.05) is 6.61 Å². The largest absolute Gasteiger partial charge is 0.399 e. The van der Waals surface area contributed by atoms with Gasteiger partial charge in [-0.15, -0.1) is 0 Å². The van der Waals surface area contributed by atoms with Gasteiger partial charge in [0.05, 0.1) is 0 Å². The van der Waals surface area contributed by atoms with E-state index in [1.54, 1.807) is 0 Å². The molecule has 0 aromatic carbocycles. The molecule has 0 aromatic rings. The minimum atomic E-state index is -1.44. The summed E-state index contributed by atoms with van der Waals surface area (Å²) in [6, 6.07) is 1.22. The highest BCUT2D eigenvalue weighted by molar-refractivity contribution is 14.1. The summed E-state index contributed by atoms with van der Waals surface area (Å²) in [7, 11) is 0. The number of hydrogen-bond donors (Lipinski definition) is 0. The first-order chi connectivity index (χ1) is 4.62. The fraction of sp³-hybridized carbons (Fsp3) is 1.00. The summed E-state index contributed by atoms with van der Waals surface area (Å²) in [6.45, 7) is 5.10. The van der Waals surface area contributed by atoms with Crippen LogP contribution in [0.25, 0.3) is 0 Å². The Morgan fingerprint density at radius 2 is 2.10 bits per heavy atom. The zero-order valence-corrected chi connectivity index (χ0v) is 11.2. The van der Waals surface area contributed by atoms with Gasteiger partial charge in [0.15, 0.2) is 0 Å². The summed E-state index contributed by atoms with van der Waals surface area (Å²) in [5.74, 6) is 0. The van der Waals surface area contributed by atoms with Crippen LogP contribution in [0.1, 0.15) is 26.7 Å². The molecule has 0 aliphatic carbocycles. The summed E-state index contributed by atoms with van der Waals surface area (Å²) in [6.07, 6.45) is 2.54. The van der Waals surface area contributed by atoms with Gasteiger partial charge in [0.25, 0.3) is 0 Å². The third-order valence-electron chi connectivity index (χ3n) is 1.18. The Bertz CT molecular complexity index is 89.8. The molecule has 1 nitrogen and oxygen atoms in total. The maximum atomic E-state index is 5.57.